The van der Waals surface area contributed by atoms with Gasteiger partial charge in [-0.15, -0.1) is 0 Å². The summed E-state index contributed by atoms with van der Waals surface area (Å²) in [5, 5.41) is -0.561. The number of halogens is 4. The van der Waals surface area contributed by atoms with Crippen molar-refractivity contribution < 1.29 is 30.0 Å². The summed E-state index contributed by atoms with van der Waals surface area (Å²) >= 11 is 5.55. The molecule has 0 N–H and O–H groups in total. The second kappa shape index (κ2) is 7.18. The van der Waals surface area contributed by atoms with E-state index in [1.807, 2.05) is 4.90 Å². The second-order valence-corrected chi connectivity index (χ2v) is 11.2. The molecule has 2 saturated heterocycles. The maximum Gasteiger partial charge on any atom is 0.417 e. The molecule has 0 amide bonds. The Morgan fingerprint density at radius 1 is 1.11 bits per heavy atom. The van der Waals surface area contributed by atoms with Gasteiger partial charge in [-0.3, -0.25) is 4.90 Å². The smallest absolute Gasteiger partial charge is 0.297 e. The van der Waals surface area contributed by atoms with Crippen LogP contribution in [-0.2, 0) is 26.0 Å². The fourth-order valence-corrected chi connectivity index (χ4v) is 6.84. The lowest BCUT2D eigenvalue weighted by Crippen LogP contribution is -2.52. The standard InChI is InChI=1S/C15H18ClF3N2O4S2/c16-14-2-1-12(9-13(14)15(17,18)19)27(24,25)21-6-4-20(5-7-21)11-3-8-26(22,23)10-11/h1-2,9,11H,3-8,10H2/t11-/m0/s1. The number of piperazine rings is 1. The summed E-state index contributed by atoms with van der Waals surface area (Å²) in [4.78, 5) is 1.47. The second-order valence-electron chi connectivity index (χ2n) is 6.64. The predicted octanol–water partition coefficient (Wildman–Crippen LogP) is 1.85. The van der Waals surface area contributed by atoms with Gasteiger partial charge >= 0.3 is 6.18 Å². The van der Waals surface area contributed by atoms with Crippen LogP contribution in [0.1, 0.15) is 12.0 Å². The summed E-state index contributed by atoms with van der Waals surface area (Å²) in [6.45, 7) is 0.837. The molecular formula is C15H18ClF3N2O4S2. The van der Waals surface area contributed by atoms with E-state index in [1.165, 1.54) is 0 Å². The molecule has 1 aromatic carbocycles. The van der Waals surface area contributed by atoms with Gasteiger partial charge in [-0.1, -0.05) is 11.6 Å². The molecule has 1 aromatic rings. The van der Waals surface area contributed by atoms with Crippen LogP contribution in [0.4, 0.5) is 13.2 Å². The van der Waals surface area contributed by atoms with Crippen molar-refractivity contribution in [2.24, 2.45) is 0 Å². The van der Waals surface area contributed by atoms with Crippen molar-refractivity contribution in [3.63, 3.8) is 0 Å². The Morgan fingerprint density at radius 3 is 2.26 bits per heavy atom. The molecule has 2 fully saturated rings. The van der Waals surface area contributed by atoms with E-state index < -0.39 is 41.5 Å². The van der Waals surface area contributed by atoms with E-state index in [0.29, 0.717) is 25.6 Å². The molecule has 1 atom stereocenters. The number of rotatable bonds is 3. The number of benzene rings is 1. The zero-order valence-corrected chi connectivity index (χ0v) is 16.5. The van der Waals surface area contributed by atoms with Crippen molar-refractivity contribution in [2.45, 2.75) is 23.5 Å². The van der Waals surface area contributed by atoms with E-state index in [-0.39, 0.29) is 30.6 Å². The van der Waals surface area contributed by atoms with Crippen LogP contribution in [0.25, 0.3) is 0 Å². The van der Waals surface area contributed by atoms with Gasteiger partial charge in [0.25, 0.3) is 0 Å². The molecule has 3 rings (SSSR count). The van der Waals surface area contributed by atoms with Gasteiger partial charge in [0.15, 0.2) is 9.84 Å². The minimum Gasteiger partial charge on any atom is -0.297 e. The fraction of sp³-hybridized carbons (Fsp3) is 0.600. The fourth-order valence-electron chi connectivity index (χ4n) is 3.40. The molecule has 0 spiro atoms. The highest BCUT2D eigenvalue weighted by atomic mass is 35.5. The maximum absolute atomic E-state index is 13.0. The van der Waals surface area contributed by atoms with Gasteiger partial charge in [-0.2, -0.15) is 17.5 Å². The van der Waals surface area contributed by atoms with E-state index in [0.717, 1.165) is 16.4 Å². The SMILES string of the molecule is O=S1(=O)CC[C@H](N2CCN(S(=O)(=O)c3ccc(Cl)c(C(F)(F)F)c3)CC2)C1. The van der Waals surface area contributed by atoms with Crippen LogP contribution in [0.5, 0.6) is 0 Å². The Hall–Kier alpha value is -0.880. The summed E-state index contributed by atoms with van der Waals surface area (Å²) in [7, 11) is -7.15. The number of hydrogen-bond acceptors (Lipinski definition) is 5. The molecule has 27 heavy (non-hydrogen) atoms. The normalized spacial score (nSPS) is 25.0. The number of nitrogens with zero attached hydrogens (tertiary/aromatic N) is 2. The lowest BCUT2D eigenvalue weighted by Gasteiger charge is -2.37. The first-order chi connectivity index (χ1) is 12.4. The van der Waals surface area contributed by atoms with Gasteiger partial charge in [-0.25, -0.2) is 16.8 Å². The molecule has 2 aliphatic heterocycles. The van der Waals surface area contributed by atoms with Gasteiger partial charge < -0.3 is 0 Å². The molecule has 6 nitrogen and oxygen atoms in total. The predicted molar refractivity (Wildman–Crippen MR) is 93.8 cm³/mol. The quantitative estimate of drug-likeness (QED) is 0.708. The molecule has 0 bridgehead atoms. The minimum absolute atomic E-state index is 0.0614. The third-order valence-corrected chi connectivity index (χ3v) is 8.85. The van der Waals surface area contributed by atoms with E-state index in [2.05, 4.69) is 0 Å². The molecule has 0 saturated carbocycles. The highest BCUT2D eigenvalue weighted by molar-refractivity contribution is 7.91. The van der Waals surface area contributed by atoms with E-state index in [9.17, 15) is 30.0 Å². The molecule has 0 radical (unpaired) electrons. The van der Waals surface area contributed by atoms with Gasteiger partial charge in [-0.05, 0) is 24.6 Å². The number of sulfone groups is 1. The van der Waals surface area contributed by atoms with E-state index in [1.54, 1.807) is 0 Å². The van der Waals surface area contributed by atoms with Crippen molar-refractivity contribution >= 4 is 31.5 Å². The molecule has 12 heteroatoms. The average molecular weight is 447 g/mol. The Labute approximate surface area is 160 Å². The zero-order chi connectivity index (χ0) is 20.0. The summed E-state index contributed by atoms with van der Waals surface area (Å²) in [6, 6.07) is 2.40. The van der Waals surface area contributed by atoms with Crippen LogP contribution in [0.2, 0.25) is 5.02 Å². The van der Waals surface area contributed by atoms with Crippen LogP contribution in [0.3, 0.4) is 0 Å². The third-order valence-electron chi connectivity index (χ3n) is 4.88. The summed E-state index contributed by atoms with van der Waals surface area (Å²) < 4.78 is 88.7. The number of alkyl halides is 3. The summed E-state index contributed by atoms with van der Waals surface area (Å²) in [5.74, 6) is 0.188. The Bertz CT molecular complexity index is 927. The first-order valence-electron chi connectivity index (χ1n) is 8.21. The number of hydrogen-bond donors (Lipinski definition) is 0. The molecule has 0 aromatic heterocycles. The summed E-state index contributed by atoms with van der Waals surface area (Å²) in [5.41, 5.74) is -1.19. The average Bonchev–Trinajstić information content (AvgIpc) is 2.94. The first kappa shape index (κ1) is 20.8. The first-order valence-corrected chi connectivity index (χ1v) is 11.9. The third kappa shape index (κ3) is 4.42. The minimum atomic E-state index is -4.75. The highest BCUT2D eigenvalue weighted by Crippen LogP contribution is 2.36. The Morgan fingerprint density at radius 2 is 1.74 bits per heavy atom. The highest BCUT2D eigenvalue weighted by Gasteiger charge is 2.38. The van der Waals surface area contributed by atoms with Crippen molar-refractivity contribution in [1.29, 1.82) is 0 Å². The maximum atomic E-state index is 13.0. The summed E-state index contributed by atoms with van der Waals surface area (Å²) in [6.07, 6.45) is -4.24. The van der Waals surface area contributed by atoms with Crippen LogP contribution in [0.15, 0.2) is 23.1 Å². The van der Waals surface area contributed by atoms with Crippen LogP contribution < -0.4 is 0 Å². The lowest BCUT2D eigenvalue weighted by molar-refractivity contribution is -0.137. The van der Waals surface area contributed by atoms with Crippen LogP contribution in [0, 0.1) is 0 Å². The molecule has 2 heterocycles. The lowest BCUT2D eigenvalue weighted by atomic mass is 10.2. The number of sulfonamides is 1. The van der Waals surface area contributed by atoms with Gasteiger partial charge in [0.1, 0.15) is 0 Å². The van der Waals surface area contributed by atoms with E-state index in [4.69, 9.17) is 11.6 Å². The Kier molecular flexibility index (Phi) is 5.54. The molecule has 2 aliphatic rings. The largest absolute Gasteiger partial charge is 0.417 e. The van der Waals surface area contributed by atoms with Crippen LogP contribution >= 0.6 is 11.6 Å². The topological polar surface area (TPSA) is 74.8 Å². The molecule has 0 unspecified atom stereocenters. The van der Waals surface area contributed by atoms with Gasteiger partial charge in [0, 0.05) is 32.2 Å². The molecule has 0 aliphatic carbocycles. The molecule has 152 valence electrons. The van der Waals surface area contributed by atoms with Crippen molar-refractivity contribution in [3.05, 3.63) is 28.8 Å². The van der Waals surface area contributed by atoms with Crippen molar-refractivity contribution in [1.82, 2.24) is 9.21 Å². The van der Waals surface area contributed by atoms with Crippen molar-refractivity contribution in [2.75, 3.05) is 37.7 Å². The van der Waals surface area contributed by atoms with Gasteiger partial charge in [0.05, 0.1) is 27.0 Å². The van der Waals surface area contributed by atoms with E-state index >= 15 is 0 Å². The van der Waals surface area contributed by atoms with Gasteiger partial charge in [0.2, 0.25) is 10.0 Å². The zero-order valence-electron chi connectivity index (χ0n) is 14.1. The molecular weight excluding hydrogens is 429 g/mol. The monoisotopic (exact) mass is 446 g/mol. The van der Waals surface area contributed by atoms with Crippen LogP contribution in [-0.4, -0.2) is 69.8 Å². The Balaban J connectivity index is 1.74. The van der Waals surface area contributed by atoms with Crippen molar-refractivity contribution in [3.8, 4) is 0 Å².